The first-order valence-corrected chi connectivity index (χ1v) is 6.80. The van der Waals surface area contributed by atoms with Crippen molar-refractivity contribution in [1.29, 1.82) is 0 Å². The van der Waals surface area contributed by atoms with E-state index in [1.165, 1.54) is 11.1 Å². The third kappa shape index (κ3) is 2.05. The molecule has 0 atom stereocenters. The number of fused-ring (bicyclic) bond motifs is 1. The molecule has 2 nitrogen and oxygen atoms in total. The van der Waals surface area contributed by atoms with Gasteiger partial charge in [-0.2, -0.15) is 0 Å². The van der Waals surface area contributed by atoms with E-state index in [2.05, 4.69) is 43.6 Å². The van der Waals surface area contributed by atoms with Gasteiger partial charge in [0.2, 0.25) is 0 Å². The largest absolute Gasteiger partial charge is 0.490 e. The van der Waals surface area contributed by atoms with E-state index in [0.29, 0.717) is 6.61 Å². The molecule has 0 spiro atoms. The molecular formula is C14H19BrO2. The summed E-state index contributed by atoms with van der Waals surface area (Å²) in [6.07, 6.45) is 0.938. The quantitative estimate of drug-likeness (QED) is 0.815. The minimum absolute atomic E-state index is 0.133. The van der Waals surface area contributed by atoms with Gasteiger partial charge in [-0.15, -0.1) is 0 Å². The van der Waals surface area contributed by atoms with Crippen LogP contribution >= 0.6 is 15.9 Å². The highest BCUT2D eigenvalue weighted by atomic mass is 79.9. The summed E-state index contributed by atoms with van der Waals surface area (Å²) in [7, 11) is 0. The molecule has 1 aliphatic rings. The van der Waals surface area contributed by atoms with Gasteiger partial charge >= 0.3 is 0 Å². The van der Waals surface area contributed by atoms with Crippen molar-refractivity contribution in [3.63, 3.8) is 0 Å². The summed E-state index contributed by atoms with van der Waals surface area (Å²) < 4.78 is 12.9. The molecule has 1 aromatic rings. The van der Waals surface area contributed by atoms with Gasteiger partial charge in [0.05, 0.1) is 6.61 Å². The molecule has 0 saturated heterocycles. The number of hydrogen-bond acceptors (Lipinski definition) is 2. The molecule has 0 fully saturated rings. The van der Waals surface area contributed by atoms with Crippen molar-refractivity contribution in [2.45, 2.75) is 46.6 Å². The number of halogens is 1. The topological polar surface area (TPSA) is 18.5 Å². The van der Waals surface area contributed by atoms with E-state index in [4.69, 9.17) is 9.47 Å². The normalized spacial score (nSPS) is 16.6. The Kier molecular flexibility index (Phi) is 3.15. The molecule has 0 N–H and O–H groups in total. The maximum absolute atomic E-state index is 6.05. The molecule has 0 saturated carbocycles. The van der Waals surface area contributed by atoms with Crippen molar-refractivity contribution in [3.05, 3.63) is 21.2 Å². The van der Waals surface area contributed by atoms with E-state index in [0.717, 1.165) is 28.0 Å². The molecule has 0 bridgehead atoms. The van der Waals surface area contributed by atoms with Crippen LogP contribution in [0, 0.1) is 13.8 Å². The van der Waals surface area contributed by atoms with Crippen molar-refractivity contribution >= 4 is 15.9 Å². The Balaban J connectivity index is 2.64. The molecule has 2 rings (SSSR count). The molecular weight excluding hydrogens is 280 g/mol. The Labute approximate surface area is 111 Å². The highest BCUT2D eigenvalue weighted by molar-refractivity contribution is 9.10. The molecule has 3 heteroatoms. The van der Waals surface area contributed by atoms with Gasteiger partial charge in [0, 0.05) is 22.0 Å². The van der Waals surface area contributed by atoms with Crippen molar-refractivity contribution < 1.29 is 9.47 Å². The molecule has 94 valence electrons. The highest BCUT2D eigenvalue weighted by Gasteiger charge is 2.35. The Hall–Kier alpha value is -0.700. The second-order valence-electron chi connectivity index (χ2n) is 5.17. The van der Waals surface area contributed by atoms with Crippen LogP contribution in [-0.2, 0) is 6.42 Å². The predicted octanol–water partition coefficient (Wildman–Crippen LogP) is 4.18. The van der Waals surface area contributed by atoms with E-state index >= 15 is 0 Å². The van der Waals surface area contributed by atoms with E-state index in [1.54, 1.807) is 0 Å². The zero-order chi connectivity index (χ0) is 12.8. The first kappa shape index (κ1) is 12.7. The fourth-order valence-corrected chi connectivity index (χ4v) is 2.79. The summed E-state index contributed by atoms with van der Waals surface area (Å²) in [5.74, 6) is 1.83. The maximum atomic E-state index is 6.05. The van der Waals surface area contributed by atoms with Gasteiger partial charge < -0.3 is 9.47 Å². The first-order valence-electron chi connectivity index (χ1n) is 6.00. The van der Waals surface area contributed by atoms with Gasteiger partial charge in [0.25, 0.3) is 0 Å². The zero-order valence-corrected chi connectivity index (χ0v) is 12.7. The van der Waals surface area contributed by atoms with Crippen molar-refractivity contribution in [2.24, 2.45) is 0 Å². The molecule has 0 aromatic heterocycles. The lowest BCUT2D eigenvalue weighted by Crippen LogP contribution is -2.24. The number of benzene rings is 1. The van der Waals surface area contributed by atoms with Gasteiger partial charge in [-0.05, 0) is 40.2 Å². The smallest absolute Gasteiger partial charge is 0.165 e. The van der Waals surface area contributed by atoms with Crippen molar-refractivity contribution in [1.82, 2.24) is 0 Å². The van der Waals surface area contributed by atoms with E-state index in [1.807, 2.05) is 6.92 Å². The molecule has 0 radical (unpaired) electrons. The lowest BCUT2D eigenvalue weighted by Gasteiger charge is -2.19. The van der Waals surface area contributed by atoms with Crippen LogP contribution < -0.4 is 9.47 Å². The monoisotopic (exact) mass is 298 g/mol. The third-order valence-corrected chi connectivity index (χ3v) is 4.39. The fourth-order valence-electron chi connectivity index (χ4n) is 2.37. The molecule has 0 unspecified atom stereocenters. The molecule has 1 aromatic carbocycles. The zero-order valence-electron chi connectivity index (χ0n) is 11.1. The molecule has 17 heavy (non-hydrogen) atoms. The van der Waals surface area contributed by atoms with E-state index < -0.39 is 0 Å². The van der Waals surface area contributed by atoms with Crippen LogP contribution in [-0.4, -0.2) is 12.2 Å². The standard InChI is InChI=1S/C14H19BrO2/c1-6-16-12-9(3)11(15)8(2)10-7-14(4,5)17-13(10)12/h6-7H2,1-5H3. The van der Waals surface area contributed by atoms with Crippen LogP contribution in [0.25, 0.3) is 0 Å². The Morgan fingerprint density at radius 1 is 1.29 bits per heavy atom. The van der Waals surface area contributed by atoms with E-state index in [9.17, 15) is 0 Å². The van der Waals surface area contributed by atoms with Crippen LogP contribution in [0.3, 0.4) is 0 Å². The Morgan fingerprint density at radius 2 is 1.94 bits per heavy atom. The molecule has 1 heterocycles. The number of ether oxygens (including phenoxy) is 2. The second-order valence-corrected chi connectivity index (χ2v) is 5.97. The van der Waals surface area contributed by atoms with Crippen molar-refractivity contribution in [3.8, 4) is 11.5 Å². The van der Waals surface area contributed by atoms with Crippen LogP contribution in [0.1, 0.15) is 37.5 Å². The summed E-state index contributed by atoms with van der Waals surface area (Å²) in [5, 5.41) is 0. The summed E-state index contributed by atoms with van der Waals surface area (Å²) in [5.41, 5.74) is 3.54. The van der Waals surface area contributed by atoms with Gasteiger partial charge in [0.1, 0.15) is 5.60 Å². The van der Waals surface area contributed by atoms with Gasteiger partial charge in [0.15, 0.2) is 11.5 Å². The number of rotatable bonds is 2. The van der Waals surface area contributed by atoms with Gasteiger partial charge in [-0.3, -0.25) is 0 Å². The average molecular weight is 299 g/mol. The summed E-state index contributed by atoms with van der Waals surface area (Å²) >= 11 is 3.66. The fraction of sp³-hybridized carbons (Fsp3) is 0.571. The van der Waals surface area contributed by atoms with Crippen LogP contribution in [0.4, 0.5) is 0 Å². The lowest BCUT2D eigenvalue weighted by atomic mass is 9.96. The minimum atomic E-state index is -0.133. The second kappa shape index (κ2) is 4.20. The SMILES string of the molecule is CCOc1c(C)c(Br)c(C)c2c1OC(C)(C)C2. The summed E-state index contributed by atoms with van der Waals surface area (Å²) in [6, 6.07) is 0. The third-order valence-electron chi connectivity index (χ3n) is 3.20. The predicted molar refractivity (Wildman–Crippen MR) is 73.2 cm³/mol. The van der Waals surface area contributed by atoms with Gasteiger partial charge in [-0.25, -0.2) is 0 Å². The van der Waals surface area contributed by atoms with Crippen LogP contribution in [0.15, 0.2) is 4.47 Å². The minimum Gasteiger partial charge on any atom is -0.490 e. The lowest BCUT2D eigenvalue weighted by molar-refractivity contribution is 0.132. The molecule has 0 amide bonds. The summed E-state index contributed by atoms with van der Waals surface area (Å²) in [4.78, 5) is 0. The number of hydrogen-bond donors (Lipinski definition) is 0. The Bertz CT molecular complexity index is 464. The molecule has 1 aliphatic heterocycles. The van der Waals surface area contributed by atoms with Crippen LogP contribution in [0.2, 0.25) is 0 Å². The molecule has 0 aliphatic carbocycles. The van der Waals surface area contributed by atoms with Gasteiger partial charge in [-0.1, -0.05) is 15.9 Å². The Morgan fingerprint density at radius 3 is 2.53 bits per heavy atom. The van der Waals surface area contributed by atoms with Crippen molar-refractivity contribution in [2.75, 3.05) is 6.61 Å². The van der Waals surface area contributed by atoms with E-state index in [-0.39, 0.29) is 5.60 Å². The average Bonchev–Trinajstić information content (AvgIpc) is 2.57. The maximum Gasteiger partial charge on any atom is 0.165 e. The summed E-state index contributed by atoms with van der Waals surface area (Å²) in [6.45, 7) is 11.1. The van der Waals surface area contributed by atoms with Crippen LogP contribution in [0.5, 0.6) is 11.5 Å². The first-order chi connectivity index (χ1) is 7.87. The highest BCUT2D eigenvalue weighted by Crippen LogP contribution is 2.48.